The molecule has 9 nitrogen and oxygen atoms in total. The van der Waals surface area contributed by atoms with Gasteiger partial charge < -0.3 is 20.3 Å². The van der Waals surface area contributed by atoms with Gasteiger partial charge >= 0.3 is 6.09 Å². The molecule has 36 heavy (non-hydrogen) atoms. The molecule has 2 heterocycles. The number of carbonyl (C=O) groups is 3. The summed E-state index contributed by atoms with van der Waals surface area (Å²) in [5.41, 5.74) is 1.29. The number of carbonyl (C=O) groups excluding carboxylic acids is 3. The SMILES string of the molecule is CC(=O)NCC1CN(c2ccc(N3CCN([C@@H](NC(=O)C(Cl)(Cl)Cl)C(Cl)(Cl)Cl)C(F)C3)cc2)C(=O)O1. The van der Waals surface area contributed by atoms with Gasteiger partial charge in [-0.05, 0) is 24.3 Å². The Morgan fingerprint density at radius 3 is 2.22 bits per heavy atom. The second-order valence-electron chi connectivity index (χ2n) is 8.10. The topological polar surface area (TPSA) is 94.2 Å². The maximum Gasteiger partial charge on any atom is 0.414 e. The van der Waals surface area contributed by atoms with Gasteiger partial charge in [0.1, 0.15) is 12.3 Å². The van der Waals surface area contributed by atoms with Crippen molar-refractivity contribution in [2.24, 2.45) is 0 Å². The molecule has 0 spiro atoms. The zero-order valence-corrected chi connectivity index (χ0v) is 23.2. The van der Waals surface area contributed by atoms with Crippen LogP contribution in [0, 0.1) is 0 Å². The molecule has 200 valence electrons. The summed E-state index contributed by atoms with van der Waals surface area (Å²) in [7, 11) is 0. The summed E-state index contributed by atoms with van der Waals surface area (Å²) >= 11 is 34.7. The van der Waals surface area contributed by atoms with Crippen LogP contribution in [0.5, 0.6) is 0 Å². The van der Waals surface area contributed by atoms with Gasteiger partial charge in [-0.15, -0.1) is 0 Å². The zero-order chi connectivity index (χ0) is 26.8. The molecule has 0 aromatic heterocycles. The Morgan fingerprint density at radius 2 is 1.69 bits per heavy atom. The van der Waals surface area contributed by atoms with Crippen molar-refractivity contribution in [3.8, 4) is 0 Å². The highest BCUT2D eigenvalue weighted by Crippen LogP contribution is 2.36. The molecule has 2 N–H and O–H groups in total. The first-order valence-corrected chi connectivity index (χ1v) is 12.9. The Balaban J connectivity index is 1.64. The number of rotatable bonds is 6. The molecule has 1 aromatic rings. The maximum absolute atomic E-state index is 15.2. The number of halogens is 7. The van der Waals surface area contributed by atoms with Crippen molar-refractivity contribution in [2.45, 2.75) is 33.1 Å². The second kappa shape index (κ2) is 11.7. The lowest BCUT2D eigenvalue weighted by Crippen LogP contribution is -2.64. The van der Waals surface area contributed by atoms with E-state index in [1.165, 1.54) is 16.7 Å². The first-order valence-electron chi connectivity index (χ1n) is 10.6. The van der Waals surface area contributed by atoms with Gasteiger partial charge in [0.25, 0.3) is 9.70 Å². The summed E-state index contributed by atoms with van der Waals surface area (Å²) in [5, 5.41) is 4.90. The molecule has 0 bridgehead atoms. The average molecular weight is 628 g/mol. The quantitative estimate of drug-likeness (QED) is 0.369. The van der Waals surface area contributed by atoms with Crippen molar-refractivity contribution in [3.63, 3.8) is 0 Å². The van der Waals surface area contributed by atoms with Crippen LogP contribution in [0.15, 0.2) is 24.3 Å². The molecule has 16 heteroatoms. The van der Waals surface area contributed by atoms with E-state index in [0.717, 1.165) is 0 Å². The number of amides is 3. The third-order valence-electron chi connectivity index (χ3n) is 5.51. The summed E-state index contributed by atoms with van der Waals surface area (Å²) in [6.07, 6.45) is -4.02. The Labute approximate surface area is 236 Å². The molecule has 0 saturated carbocycles. The van der Waals surface area contributed by atoms with Crippen LogP contribution in [0.25, 0.3) is 0 Å². The van der Waals surface area contributed by atoms with E-state index < -0.39 is 38.2 Å². The third kappa shape index (κ3) is 7.46. The summed E-state index contributed by atoms with van der Waals surface area (Å²) in [5.74, 6) is -1.28. The monoisotopic (exact) mass is 625 g/mol. The fourth-order valence-electron chi connectivity index (χ4n) is 3.78. The summed E-state index contributed by atoms with van der Waals surface area (Å²) < 4.78 is 16.1. The predicted molar refractivity (Wildman–Crippen MR) is 139 cm³/mol. The van der Waals surface area contributed by atoms with E-state index in [-0.39, 0.29) is 32.1 Å². The smallest absolute Gasteiger partial charge is 0.414 e. The second-order valence-corrected chi connectivity index (χ2v) is 12.8. The van der Waals surface area contributed by atoms with Crippen molar-refractivity contribution in [1.29, 1.82) is 0 Å². The maximum atomic E-state index is 15.2. The van der Waals surface area contributed by atoms with E-state index in [2.05, 4.69) is 10.6 Å². The fraction of sp³-hybridized carbons (Fsp3) is 0.550. The lowest BCUT2D eigenvalue weighted by atomic mass is 10.2. The molecule has 2 aliphatic heterocycles. The molecule has 3 amide bonds. The zero-order valence-electron chi connectivity index (χ0n) is 18.7. The molecule has 1 aromatic carbocycles. The third-order valence-corrected chi connectivity index (χ3v) is 6.64. The van der Waals surface area contributed by atoms with Crippen LogP contribution in [0.1, 0.15) is 6.92 Å². The van der Waals surface area contributed by atoms with Gasteiger partial charge in [-0.25, -0.2) is 14.1 Å². The Morgan fingerprint density at radius 1 is 1.08 bits per heavy atom. The molecular formula is C20H22Cl6FN5O4. The highest BCUT2D eigenvalue weighted by atomic mass is 35.6. The van der Waals surface area contributed by atoms with Crippen LogP contribution in [0.4, 0.5) is 20.6 Å². The highest BCUT2D eigenvalue weighted by Gasteiger charge is 2.46. The first kappa shape index (κ1) is 29.4. The number of piperazine rings is 1. The first-order chi connectivity index (χ1) is 16.7. The minimum absolute atomic E-state index is 0.0743. The minimum Gasteiger partial charge on any atom is -0.442 e. The Kier molecular flexibility index (Phi) is 9.57. The van der Waals surface area contributed by atoms with Gasteiger partial charge in [0.2, 0.25) is 9.70 Å². The molecule has 2 fully saturated rings. The van der Waals surface area contributed by atoms with Gasteiger partial charge in [0.15, 0.2) is 6.30 Å². The largest absolute Gasteiger partial charge is 0.442 e. The summed E-state index contributed by atoms with van der Waals surface area (Å²) in [6.45, 7) is 2.17. The Bertz CT molecular complexity index is 977. The molecule has 2 saturated heterocycles. The number of hydrogen-bond donors (Lipinski definition) is 2. The van der Waals surface area contributed by atoms with E-state index >= 15 is 4.39 Å². The van der Waals surface area contributed by atoms with Crippen LogP contribution in [0.2, 0.25) is 0 Å². The van der Waals surface area contributed by atoms with Crippen molar-refractivity contribution >= 4 is 98.9 Å². The number of alkyl halides is 7. The van der Waals surface area contributed by atoms with E-state index in [1.807, 2.05) is 0 Å². The standard InChI is InChI=1S/C20H22Cl6FN5O4/c1-11(33)28-8-14-9-32(18(35)36-14)13-4-2-12(3-5-13)30-6-7-31(15(27)10-30)16(19(21,22)23)29-17(34)20(24,25)26/h2-5,14-16H,6-10H2,1H3,(H,28,33)(H,29,34)/t14?,15?,16-/m1/s1. The lowest BCUT2D eigenvalue weighted by molar-refractivity contribution is -0.123. The highest BCUT2D eigenvalue weighted by molar-refractivity contribution is 6.76. The van der Waals surface area contributed by atoms with Crippen molar-refractivity contribution in [1.82, 2.24) is 15.5 Å². The predicted octanol–water partition coefficient (Wildman–Crippen LogP) is 3.75. The number of cyclic esters (lactones) is 1. The molecule has 2 unspecified atom stereocenters. The number of hydrogen-bond acceptors (Lipinski definition) is 6. The molecular weight excluding hydrogens is 606 g/mol. The molecule has 2 aliphatic rings. The number of anilines is 2. The summed E-state index contributed by atoms with van der Waals surface area (Å²) in [6, 6.07) is 6.90. The van der Waals surface area contributed by atoms with Gasteiger partial charge in [-0.3, -0.25) is 14.5 Å². The average Bonchev–Trinajstić information content (AvgIpc) is 3.15. The number of ether oxygens (including phenoxy) is 1. The van der Waals surface area contributed by atoms with Gasteiger partial charge in [-0.1, -0.05) is 69.6 Å². The molecule has 3 atom stereocenters. The number of nitrogens with one attached hydrogen (secondary N) is 2. The van der Waals surface area contributed by atoms with Gasteiger partial charge in [0, 0.05) is 31.4 Å². The van der Waals surface area contributed by atoms with Crippen LogP contribution < -0.4 is 20.4 Å². The van der Waals surface area contributed by atoms with E-state index in [1.54, 1.807) is 29.2 Å². The number of benzene rings is 1. The van der Waals surface area contributed by atoms with Crippen LogP contribution in [-0.4, -0.2) is 81.7 Å². The van der Waals surface area contributed by atoms with Crippen molar-refractivity contribution < 1.29 is 23.5 Å². The van der Waals surface area contributed by atoms with Crippen LogP contribution in [-0.2, 0) is 14.3 Å². The van der Waals surface area contributed by atoms with Crippen LogP contribution >= 0.6 is 69.6 Å². The van der Waals surface area contributed by atoms with E-state index in [4.69, 9.17) is 74.3 Å². The van der Waals surface area contributed by atoms with Gasteiger partial charge in [-0.2, -0.15) is 0 Å². The fourth-order valence-corrected chi connectivity index (χ4v) is 4.48. The van der Waals surface area contributed by atoms with Crippen LogP contribution in [0.3, 0.4) is 0 Å². The summed E-state index contributed by atoms with van der Waals surface area (Å²) in [4.78, 5) is 39.8. The van der Waals surface area contributed by atoms with Crippen molar-refractivity contribution in [2.75, 3.05) is 42.5 Å². The Hall–Kier alpha value is -1.14. The minimum atomic E-state index is -2.32. The molecule has 3 rings (SSSR count). The van der Waals surface area contributed by atoms with Crippen molar-refractivity contribution in [3.05, 3.63) is 24.3 Å². The normalized spacial score (nSPS) is 22.3. The number of nitrogens with zero attached hydrogens (tertiary/aromatic N) is 3. The lowest BCUT2D eigenvalue weighted by Gasteiger charge is -2.44. The molecule has 0 aliphatic carbocycles. The van der Waals surface area contributed by atoms with E-state index in [9.17, 15) is 14.4 Å². The molecule has 0 radical (unpaired) electrons. The van der Waals surface area contributed by atoms with Gasteiger partial charge in [0.05, 0.1) is 19.6 Å². The van der Waals surface area contributed by atoms with E-state index in [0.29, 0.717) is 17.9 Å².